The molecule has 1 aliphatic rings. The van der Waals surface area contributed by atoms with Crippen LogP contribution in [0.4, 0.5) is 10.3 Å². The molecule has 1 heterocycles. The van der Waals surface area contributed by atoms with Gasteiger partial charge >= 0.3 is 0 Å². The summed E-state index contributed by atoms with van der Waals surface area (Å²) in [5, 5.41) is 3.14. The molecule has 1 aromatic rings. The lowest BCUT2D eigenvalue weighted by Crippen LogP contribution is -2.10. The molecule has 1 saturated carbocycles. The lowest BCUT2D eigenvalue weighted by Gasteiger charge is -2.05. The average molecular weight is 181 g/mol. The molecule has 0 bridgehead atoms. The number of nitrogens with zero attached hydrogens (tertiary/aromatic N) is 2. The molecule has 1 atom stereocenters. The van der Waals surface area contributed by atoms with Crippen molar-refractivity contribution in [2.24, 2.45) is 5.41 Å². The largest absolute Gasteiger partial charge is 0.351 e. The lowest BCUT2D eigenvalue weighted by molar-refractivity contribution is 0.611. The molecule has 1 fully saturated rings. The van der Waals surface area contributed by atoms with Gasteiger partial charge in [0.15, 0.2) is 5.82 Å². The summed E-state index contributed by atoms with van der Waals surface area (Å²) in [6.45, 7) is 4.35. The number of rotatable bonds is 2. The minimum Gasteiger partial charge on any atom is -0.351 e. The summed E-state index contributed by atoms with van der Waals surface area (Å²) < 4.78 is 12.4. The zero-order valence-electron chi connectivity index (χ0n) is 7.71. The number of hydrogen-bond acceptors (Lipinski definition) is 3. The predicted molar refractivity (Wildman–Crippen MR) is 47.8 cm³/mol. The fraction of sp³-hybridized carbons (Fsp3) is 0.556. The number of hydrogen-bond donors (Lipinski definition) is 1. The molecule has 0 spiro atoms. The third kappa shape index (κ3) is 1.76. The highest BCUT2D eigenvalue weighted by Gasteiger charge is 2.46. The van der Waals surface area contributed by atoms with Crippen LogP contribution < -0.4 is 5.32 Å². The van der Waals surface area contributed by atoms with Crippen molar-refractivity contribution in [3.8, 4) is 0 Å². The van der Waals surface area contributed by atoms with Crippen LogP contribution in [-0.2, 0) is 0 Å². The van der Waals surface area contributed by atoms with Crippen LogP contribution in [0.2, 0.25) is 0 Å². The van der Waals surface area contributed by atoms with Crippen molar-refractivity contribution in [1.29, 1.82) is 0 Å². The second-order valence-corrected chi connectivity index (χ2v) is 4.11. The van der Waals surface area contributed by atoms with E-state index in [0.717, 1.165) is 6.42 Å². The van der Waals surface area contributed by atoms with E-state index in [9.17, 15) is 4.39 Å². The van der Waals surface area contributed by atoms with E-state index in [4.69, 9.17) is 0 Å². The van der Waals surface area contributed by atoms with Gasteiger partial charge in [0.05, 0.1) is 12.4 Å². The van der Waals surface area contributed by atoms with Gasteiger partial charge in [-0.15, -0.1) is 0 Å². The van der Waals surface area contributed by atoms with Crippen LogP contribution in [0, 0.1) is 11.2 Å². The number of nitrogens with one attached hydrogen (secondary N) is 1. The summed E-state index contributed by atoms with van der Waals surface area (Å²) in [5.41, 5.74) is 0.331. The molecule has 2 rings (SSSR count). The highest BCUT2D eigenvalue weighted by atomic mass is 19.1. The summed E-state index contributed by atoms with van der Waals surface area (Å²) >= 11 is 0. The summed E-state index contributed by atoms with van der Waals surface area (Å²) in [7, 11) is 0. The molecule has 1 N–H and O–H groups in total. The van der Waals surface area contributed by atoms with E-state index >= 15 is 0 Å². The first kappa shape index (κ1) is 8.41. The molecule has 0 radical (unpaired) electrons. The maximum absolute atomic E-state index is 12.4. The molecule has 1 aromatic heterocycles. The molecular weight excluding hydrogens is 169 g/mol. The van der Waals surface area contributed by atoms with Gasteiger partial charge in [0.1, 0.15) is 0 Å². The van der Waals surface area contributed by atoms with E-state index in [2.05, 4.69) is 29.1 Å². The Balaban J connectivity index is 2.00. The lowest BCUT2D eigenvalue weighted by atomic mass is 10.2. The van der Waals surface area contributed by atoms with Crippen molar-refractivity contribution >= 4 is 5.95 Å². The third-order valence-corrected chi connectivity index (χ3v) is 2.44. The Hall–Kier alpha value is -1.19. The first-order valence-corrected chi connectivity index (χ1v) is 4.32. The van der Waals surface area contributed by atoms with E-state index in [1.165, 1.54) is 12.4 Å². The van der Waals surface area contributed by atoms with E-state index < -0.39 is 5.82 Å². The second-order valence-electron chi connectivity index (χ2n) is 4.11. The predicted octanol–water partition coefficient (Wildman–Crippen LogP) is 1.83. The molecule has 4 heteroatoms. The van der Waals surface area contributed by atoms with E-state index in [-0.39, 0.29) is 0 Å². The fourth-order valence-electron chi connectivity index (χ4n) is 1.26. The average Bonchev–Trinajstić information content (AvgIpc) is 2.64. The Morgan fingerprint density at radius 2 is 2.00 bits per heavy atom. The van der Waals surface area contributed by atoms with E-state index in [1.807, 2.05) is 0 Å². The molecule has 3 nitrogen and oxygen atoms in total. The zero-order valence-corrected chi connectivity index (χ0v) is 7.71. The molecule has 0 saturated heterocycles. The highest BCUT2D eigenvalue weighted by Crippen LogP contribution is 2.46. The summed E-state index contributed by atoms with van der Waals surface area (Å²) in [5.74, 6) is 0.109. The number of aromatic nitrogens is 2. The first-order chi connectivity index (χ1) is 6.08. The van der Waals surface area contributed by atoms with Crippen LogP contribution in [0.3, 0.4) is 0 Å². The quantitative estimate of drug-likeness (QED) is 0.756. The molecule has 70 valence electrons. The van der Waals surface area contributed by atoms with Gasteiger partial charge in [0.2, 0.25) is 5.95 Å². The van der Waals surface area contributed by atoms with Gasteiger partial charge in [0.25, 0.3) is 0 Å². The van der Waals surface area contributed by atoms with Gasteiger partial charge in [-0.3, -0.25) is 0 Å². The van der Waals surface area contributed by atoms with Gasteiger partial charge in [-0.05, 0) is 11.8 Å². The Kier molecular flexibility index (Phi) is 1.71. The fourth-order valence-corrected chi connectivity index (χ4v) is 1.26. The third-order valence-electron chi connectivity index (χ3n) is 2.44. The summed E-state index contributed by atoms with van der Waals surface area (Å²) in [4.78, 5) is 7.65. The molecule has 0 amide bonds. The summed E-state index contributed by atoms with van der Waals surface area (Å²) in [6.07, 6.45) is 3.46. The van der Waals surface area contributed by atoms with Crippen LogP contribution in [0.1, 0.15) is 20.3 Å². The van der Waals surface area contributed by atoms with Crippen molar-refractivity contribution < 1.29 is 4.39 Å². The van der Waals surface area contributed by atoms with Crippen molar-refractivity contribution in [3.63, 3.8) is 0 Å². The number of halogens is 1. The molecule has 0 aliphatic heterocycles. The molecule has 1 unspecified atom stereocenters. The minimum absolute atomic E-state index is 0.331. The first-order valence-electron chi connectivity index (χ1n) is 4.32. The van der Waals surface area contributed by atoms with Gasteiger partial charge in [-0.1, -0.05) is 13.8 Å². The Bertz CT molecular complexity index is 307. The van der Waals surface area contributed by atoms with Crippen LogP contribution in [0.25, 0.3) is 0 Å². The van der Waals surface area contributed by atoms with Gasteiger partial charge in [-0.25, -0.2) is 14.4 Å². The van der Waals surface area contributed by atoms with Crippen molar-refractivity contribution in [2.75, 3.05) is 5.32 Å². The van der Waals surface area contributed by atoms with E-state index in [1.54, 1.807) is 0 Å². The highest BCUT2D eigenvalue weighted by molar-refractivity contribution is 5.30. The Morgan fingerprint density at radius 1 is 1.46 bits per heavy atom. The van der Waals surface area contributed by atoms with Crippen LogP contribution in [-0.4, -0.2) is 16.0 Å². The van der Waals surface area contributed by atoms with Gasteiger partial charge in [0, 0.05) is 6.04 Å². The van der Waals surface area contributed by atoms with Crippen molar-refractivity contribution in [2.45, 2.75) is 26.3 Å². The van der Waals surface area contributed by atoms with Gasteiger partial charge in [-0.2, -0.15) is 0 Å². The zero-order chi connectivity index (χ0) is 9.47. The minimum atomic E-state index is -0.402. The Labute approximate surface area is 76.4 Å². The monoisotopic (exact) mass is 181 g/mol. The van der Waals surface area contributed by atoms with Gasteiger partial charge < -0.3 is 5.32 Å². The molecule has 0 aromatic carbocycles. The second kappa shape index (κ2) is 2.65. The van der Waals surface area contributed by atoms with E-state index in [0.29, 0.717) is 17.4 Å². The van der Waals surface area contributed by atoms with Crippen LogP contribution in [0.15, 0.2) is 12.4 Å². The number of anilines is 1. The Morgan fingerprint density at radius 3 is 2.46 bits per heavy atom. The topological polar surface area (TPSA) is 37.8 Å². The SMILES string of the molecule is CC1(C)CC1Nc1ncc(F)cn1. The maximum atomic E-state index is 12.4. The van der Waals surface area contributed by atoms with Crippen molar-refractivity contribution in [3.05, 3.63) is 18.2 Å². The molecular formula is C9H12FN3. The summed E-state index contributed by atoms with van der Waals surface area (Å²) in [6, 6.07) is 0.429. The standard InChI is InChI=1S/C9H12FN3/c1-9(2)3-7(9)13-8-11-4-6(10)5-12-8/h4-5,7H,3H2,1-2H3,(H,11,12,13). The maximum Gasteiger partial charge on any atom is 0.223 e. The molecule has 13 heavy (non-hydrogen) atoms. The van der Waals surface area contributed by atoms with Crippen LogP contribution >= 0.6 is 0 Å². The van der Waals surface area contributed by atoms with Crippen LogP contribution in [0.5, 0.6) is 0 Å². The molecule has 1 aliphatic carbocycles. The van der Waals surface area contributed by atoms with Crippen molar-refractivity contribution in [1.82, 2.24) is 9.97 Å². The smallest absolute Gasteiger partial charge is 0.223 e. The normalized spacial score (nSPS) is 24.1.